The third-order valence-electron chi connectivity index (χ3n) is 4.14. The van der Waals surface area contributed by atoms with Crippen LogP contribution >= 0.6 is 34.9 Å². The Morgan fingerprint density at radius 1 is 1.29 bits per heavy atom. The number of anilines is 1. The molecule has 0 bridgehead atoms. The lowest BCUT2D eigenvalue weighted by molar-refractivity contribution is 0.888. The average molecular weight is 375 g/mol. The molecule has 4 nitrogen and oxygen atoms in total. The van der Waals surface area contributed by atoms with Gasteiger partial charge in [-0.05, 0) is 54.3 Å². The predicted octanol–water partition coefficient (Wildman–Crippen LogP) is 5.12. The Kier molecular flexibility index (Phi) is 4.40. The molecule has 3 aromatic heterocycles. The lowest BCUT2D eigenvalue weighted by atomic mass is 10.1. The van der Waals surface area contributed by atoms with Crippen molar-refractivity contribution >= 4 is 50.8 Å². The normalized spacial score (nSPS) is 15.8. The summed E-state index contributed by atoms with van der Waals surface area (Å²) in [6.07, 6.45) is 6.64. The summed E-state index contributed by atoms with van der Waals surface area (Å²) in [6.45, 7) is 2.15. The number of fused-ring (bicyclic) bond motifs is 1. The molecule has 0 aromatic carbocycles. The van der Waals surface area contributed by atoms with Crippen molar-refractivity contribution in [3.8, 4) is 0 Å². The average Bonchev–Trinajstić information content (AvgIpc) is 3.33. The molecule has 0 aliphatic heterocycles. The molecular weight excluding hydrogens is 356 g/mol. The van der Waals surface area contributed by atoms with E-state index in [1.54, 1.807) is 40.9 Å². The number of thioether (sulfide) groups is 2. The van der Waals surface area contributed by atoms with E-state index in [-0.39, 0.29) is 5.25 Å². The SMILES string of the molecule is CSc1cc(N)nc(SC(C)c2cc3c(C4CC4)csc3cn2)n1. The third kappa shape index (κ3) is 3.25. The Balaban J connectivity index is 1.62. The fourth-order valence-corrected chi connectivity index (χ4v) is 5.04. The number of nitrogens with two attached hydrogens (primary N) is 1. The molecule has 0 spiro atoms. The first-order valence-electron chi connectivity index (χ1n) is 7.86. The zero-order valence-corrected chi connectivity index (χ0v) is 16.0. The van der Waals surface area contributed by atoms with Gasteiger partial charge >= 0.3 is 0 Å². The summed E-state index contributed by atoms with van der Waals surface area (Å²) in [5.74, 6) is 1.28. The van der Waals surface area contributed by atoms with Crippen LogP contribution in [0.3, 0.4) is 0 Å². The standard InChI is InChI=1S/C17H18N4S3/c1-9(24-17-20-15(18)6-16(21-17)22-2)13-5-11-12(10-3-4-10)8-23-14(11)7-19-13/h5-10H,3-4H2,1-2H3,(H2,18,20,21). The Morgan fingerprint density at radius 3 is 2.88 bits per heavy atom. The number of thiophene rings is 1. The fourth-order valence-electron chi connectivity index (χ4n) is 2.70. The van der Waals surface area contributed by atoms with Crippen LogP contribution < -0.4 is 5.73 Å². The molecule has 1 unspecified atom stereocenters. The topological polar surface area (TPSA) is 64.7 Å². The summed E-state index contributed by atoms with van der Waals surface area (Å²) in [5.41, 5.74) is 8.45. The van der Waals surface area contributed by atoms with Crippen molar-refractivity contribution < 1.29 is 0 Å². The highest BCUT2D eigenvalue weighted by Gasteiger charge is 2.26. The molecule has 124 valence electrons. The summed E-state index contributed by atoms with van der Waals surface area (Å²) < 4.78 is 1.28. The van der Waals surface area contributed by atoms with E-state index in [1.165, 1.54) is 28.5 Å². The maximum Gasteiger partial charge on any atom is 0.191 e. The van der Waals surface area contributed by atoms with Crippen molar-refractivity contribution in [2.75, 3.05) is 12.0 Å². The maximum absolute atomic E-state index is 5.88. The predicted molar refractivity (Wildman–Crippen MR) is 104 cm³/mol. The summed E-state index contributed by atoms with van der Waals surface area (Å²) >= 11 is 4.98. The van der Waals surface area contributed by atoms with Crippen LogP contribution in [0.1, 0.15) is 42.2 Å². The van der Waals surface area contributed by atoms with E-state index < -0.39 is 0 Å². The molecule has 1 atom stereocenters. The van der Waals surface area contributed by atoms with Gasteiger partial charge in [0.25, 0.3) is 0 Å². The highest BCUT2D eigenvalue weighted by Crippen LogP contribution is 2.46. The van der Waals surface area contributed by atoms with Gasteiger partial charge in [-0.3, -0.25) is 4.98 Å². The number of aromatic nitrogens is 3. The highest BCUT2D eigenvalue weighted by molar-refractivity contribution is 7.99. The van der Waals surface area contributed by atoms with Gasteiger partial charge in [-0.1, -0.05) is 11.8 Å². The van der Waals surface area contributed by atoms with Gasteiger partial charge in [0.15, 0.2) is 5.16 Å². The number of nitrogen functional groups attached to an aromatic ring is 1. The third-order valence-corrected chi connectivity index (χ3v) is 6.71. The summed E-state index contributed by atoms with van der Waals surface area (Å²) in [7, 11) is 0. The zero-order chi connectivity index (χ0) is 16.7. The molecule has 3 heterocycles. The van der Waals surface area contributed by atoms with Crippen LogP contribution in [0.4, 0.5) is 5.82 Å². The van der Waals surface area contributed by atoms with Gasteiger partial charge in [0.05, 0.1) is 15.6 Å². The molecule has 0 saturated heterocycles. The van der Waals surface area contributed by atoms with Crippen molar-refractivity contribution in [2.24, 2.45) is 0 Å². The quantitative estimate of drug-likeness (QED) is 0.380. The van der Waals surface area contributed by atoms with Crippen molar-refractivity contribution in [2.45, 2.75) is 41.1 Å². The molecular formula is C17H18N4S3. The molecule has 4 rings (SSSR count). The number of hydrogen-bond donors (Lipinski definition) is 1. The van der Waals surface area contributed by atoms with E-state index >= 15 is 0 Å². The Labute approximate surface area is 153 Å². The first-order chi connectivity index (χ1) is 11.6. The van der Waals surface area contributed by atoms with E-state index in [1.807, 2.05) is 12.5 Å². The maximum atomic E-state index is 5.88. The number of nitrogens with zero attached hydrogens (tertiary/aromatic N) is 3. The molecule has 1 aliphatic carbocycles. The molecule has 3 aromatic rings. The van der Waals surface area contributed by atoms with Gasteiger partial charge in [0.1, 0.15) is 10.8 Å². The molecule has 7 heteroatoms. The van der Waals surface area contributed by atoms with Crippen LogP contribution in [0, 0.1) is 0 Å². The highest BCUT2D eigenvalue weighted by atomic mass is 32.2. The first kappa shape index (κ1) is 16.2. The number of pyridine rings is 1. The number of rotatable bonds is 5. The van der Waals surface area contributed by atoms with Crippen LogP contribution in [0.5, 0.6) is 0 Å². The van der Waals surface area contributed by atoms with Gasteiger partial charge in [0.2, 0.25) is 0 Å². The lowest BCUT2D eigenvalue weighted by Gasteiger charge is -2.11. The molecule has 24 heavy (non-hydrogen) atoms. The largest absolute Gasteiger partial charge is 0.384 e. The van der Waals surface area contributed by atoms with Gasteiger partial charge in [-0.25, -0.2) is 9.97 Å². The van der Waals surface area contributed by atoms with E-state index in [0.29, 0.717) is 11.0 Å². The van der Waals surface area contributed by atoms with E-state index in [2.05, 4.69) is 33.3 Å². The second-order valence-electron chi connectivity index (χ2n) is 5.95. The molecule has 2 N–H and O–H groups in total. The minimum Gasteiger partial charge on any atom is -0.384 e. The summed E-state index contributed by atoms with van der Waals surface area (Å²) in [4.78, 5) is 13.5. The Bertz CT molecular complexity index is 889. The summed E-state index contributed by atoms with van der Waals surface area (Å²) in [5, 5.41) is 5.46. The Morgan fingerprint density at radius 2 is 2.12 bits per heavy atom. The van der Waals surface area contributed by atoms with Crippen molar-refractivity contribution in [3.63, 3.8) is 0 Å². The molecule has 0 amide bonds. The van der Waals surface area contributed by atoms with Gasteiger partial charge in [-0.15, -0.1) is 23.1 Å². The van der Waals surface area contributed by atoms with Gasteiger partial charge < -0.3 is 5.73 Å². The van der Waals surface area contributed by atoms with Gasteiger partial charge in [0, 0.05) is 12.3 Å². The molecule has 0 radical (unpaired) electrons. The van der Waals surface area contributed by atoms with Crippen LogP contribution in [0.25, 0.3) is 10.1 Å². The van der Waals surface area contributed by atoms with E-state index in [0.717, 1.165) is 16.6 Å². The summed E-state index contributed by atoms with van der Waals surface area (Å²) in [6, 6.07) is 4.05. The first-order valence-corrected chi connectivity index (χ1v) is 10.8. The second kappa shape index (κ2) is 6.54. The van der Waals surface area contributed by atoms with Crippen LogP contribution in [0.2, 0.25) is 0 Å². The monoisotopic (exact) mass is 374 g/mol. The number of hydrogen-bond acceptors (Lipinski definition) is 7. The minimum absolute atomic E-state index is 0.179. The minimum atomic E-state index is 0.179. The zero-order valence-electron chi connectivity index (χ0n) is 13.5. The second-order valence-corrected chi connectivity index (χ2v) is 8.99. The molecule has 1 saturated carbocycles. The lowest BCUT2D eigenvalue weighted by Crippen LogP contribution is -1.99. The van der Waals surface area contributed by atoms with Crippen molar-refractivity contribution in [3.05, 3.63) is 35.0 Å². The van der Waals surface area contributed by atoms with Crippen molar-refractivity contribution in [1.29, 1.82) is 0 Å². The smallest absolute Gasteiger partial charge is 0.191 e. The van der Waals surface area contributed by atoms with Gasteiger partial charge in [-0.2, -0.15) is 0 Å². The van der Waals surface area contributed by atoms with Crippen LogP contribution in [-0.2, 0) is 0 Å². The van der Waals surface area contributed by atoms with Crippen LogP contribution in [0.15, 0.2) is 33.9 Å². The van der Waals surface area contributed by atoms with Crippen molar-refractivity contribution in [1.82, 2.24) is 15.0 Å². The fraction of sp³-hybridized carbons (Fsp3) is 0.353. The van der Waals surface area contributed by atoms with E-state index in [9.17, 15) is 0 Å². The molecule has 1 fully saturated rings. The van der Waals surface area contributed by atoms with Crippen LogP contribution in [-0.4, -0.2) is 21.2 Å². The van der Waals surface area contributed by atoms with E-state index in [4.69, 9.17) is 5.73 Å². The molecule has 1 aliphatic rings. The Hall–Kier alpha value is -1.31.